The molecule has 4 nitrogen and oxygen atoms in total. The van der Waals surface area contributed by atoms with E-state index in [1.807, 2.05) is 18.2 Å². The lowest BCUT2D eigenvalue weighted by atomic mass is 10.2. The Morgan fingerprint density at radius 2 is 2.00 bits per heavy atom. The van der Waals surface area contributed by atoms with Gasteiger partial charge in [0.25, 0.3) is 5.91 Å². The third-order valence-electron chi connectivity index (χ3n) is 3.31. The Morgan fingerprint density at radius 1 is 1.29 bits per heavy atom. The number of para-hydroxylation sites is 1. The van der Waals surface area contributed by atoms with Crippen molar-refractivity contribution in [2.75, 3.05) is 13.2 Å². The minimum Gasteiger partial charge on any atom is -0.482 e. The Kier molecular flexibility index (Phi) is 8.38. The van der Waals surface area contributed by atoms with E-state index >= 15 is 0 Å². The predicted molar refractivity (Wildman–Crippen MR) is 89.5 cm³/mol. The van der Waals surface area contributed by atoms with Crippen molar-refractivity contribution in [2.24, 2.45) is 0 Å². The highest BCUT2D eigenvalue weighted by atomic mass is 79.9. The molecule has 1 rings (SSSR count). The Bertz CT molecular complexity index is 448. The number of carbonyl (C=O) groups excluding carboxylic acids is 1. The third kappa shape index (κ3) is 6.06. The van der Waals surface area contributed by atoms with Gasteiger partial charge >= 0.3 is 0 Å². The molecule has 0 radical (unpaired) electrons. The fraction of sp³-hybridized carbons (Fsp3) is 0.562. The average molecular weight is 357 g/mol. The van der Waals surface area contributed by atoms with Crippen LogP contribution in [0.1, 0.15) is 39.2 Å². The van der Waals surface area contributed by atoms with Gasteiger partial charge in [0.1, 0.15) is 5.75 Å². The summed E-state index contributed by atoms with van der Waals surface area (Å²) in [6.07, 6.45) is 1.87. The molecule has 0 aliphatic heterocycles. The zero-order valence-electron chi connectivity index (χ0n) is 13.0. The number of hydrogen-bond donors (Lipinski definition) is 2. The van der Waals surface area contributed by atoms with Gasteiger partial charge in [-0.1, -0.05) is 32.9 Å². The van der Waals surface area contributed by atoms with Crippen LogP contribution in [0.25, 0.3) is 0 Å². The minimum atomic E-state index is -0.0751. The van der Waals surface area contributed by atoms with Gasteiger partial charge in [0.05, 0.1) is 4.47 Å². The van der Waals surface area contributed by atoms with E-state index in [-0.39, 0.29) is 18.6 Å². The first-order chi connectivity index (χ1) is 10.1. The third-order valence-corrected chi connectivity index (χ3v) is 3.94. The predicted octanol–water partition coefficient (Wildman–Crippen LogP) is 3.24. The summed E-state index contributed by atoms with van der Waals surface area (Å²) in [7, 11) is 0. The Hall–Kier alpha value is -1.07. The van der Waals surface area contributed by atoms with E-state index in [1.165, 1.54) is 0 Å². The van der Waals surface area contributed by atoms with Crippen LogP contribution in [-0.4, -0.2) is 25.1 Å². The van der Waals surface area contributed by atoms with Crippen molar-refractivity contribution >= 4 is 21.8 Å². The summed E-state index contributed by atoms with van der Waals surface area (Å²) >= 11 is 3.48. The van der Waals surface area contributed by atoms with Gasteiger partial charge in [-0.15, -0.1) is 0 Å². The second kappa shape index (κ2) is 9.79. The lowest BCUT2D eigenvalue weighted by Crippen LogP contribution is -2.37. The topological polar surface area (TPSA) is 50.4 Å². The number of carbonyl (C=O) groups is 1. The average Bonchev–Trinajstić information content (AvgIpc) is 2.49. The molecule has 0 spiro atoms. The van der Waals surface area contributed by atoms with E-state index in [1.54, 1.807) is 0 Å². The van der Waals surface area contributed by atoms with Crippen LogP contribution >= 0.6 is 15.9 Å². The molecule has 5 heteroatoms. The molecular formula is C16H25BrN2O2. The standard InChI is InChI=1S/C16H25BrN2O2/c1-4-13(5-2)19-15(20)11-21-16-12(10-18-6-3)8-7-9-14(16)17/h7-9,13,18H,4-6,10-11H2,1-3H3,(H,19,20). The van der Waals surface area contributed by atoms with Crippen LogP contribution in [0.15, 0.2) is 22.7 Å². The Labute approximate surface area is 135 Å². The maximum Gasteiger partial charge on any atom is 0.258 e. The zero-order valence-corrected chi connectivity index (χ0v) is 14.6. The molecule has 1 amide bonds. The van der Waals surface area contributed by atoms with Gasteiger partial charge in [0.2, 0.25) is 0 Å². The molecule has 118 valence electrons. The normalized spacial score (nSPS) is 10.7. The summed E-state index contributed by atoms with van der Waals surface area (Å²) in [5.41, 5.74) is 1.04. The van der Waals surface area contributed by atoms with Crippen LogP contribution in [0.3, 0.4) is 0 Å². The summed E-state index contributed by atoms with van der Waals surface area (Å²) in [5.74, 6) is 0.659. The van der Waals surface area contributed by atoms with E-state index in [2.05, 4.69) is 47.3 Å². The number of rotatable bonds is 9. The summed E-state index contributed by atoms with van der Waals surface area (Å²) < 4.78 is 6.59. The first-order valence-electron chi connectivity index (χ1n) is 7.52. The molecule has 0 saturated heterocycles. The summed E-state index contributed by atoms with van der Waals surface area (Å²) in [5, 5.41) is 6.24. The van der Waals surface area contributed by atoms with Gasteiger partial charge in [0, 0.05) is 18.2 Å². The highest BCUT2D eigenvalue weighted by Gasteiger charge is 2.12. The van der Waals surface area contributed by atoms with Gasteiger partial charge < -0.3 is 15.4 Å². The summed E-state index contributed by atoms with van der Waals surface area (Å²) in [6, 6.07) is 6.11. The van der Waals surface area contributed by atoms with E-state index in [9.17, 15) is 4.79 Å². The zero-order chi connectivity index (χ0) is 15.7. The summed E-state index contributed by atoms with van der Waals surface area (Å²) in [4.78, 5) is 11.9. The van der Waals surface area contributed by atoms with Crippen molar-refractivity contribution in [3.63, 3.8) is 0 Å². The molecule has 0 aliphatic carbocycles. The van der Waals surface area contributed by atoms with Gasteiger partial charge in [0.15, 0.2) is 6.61 Å². The van der Waals surface area contributed by atoms with Crippen LogP contribution < -0.4 is 15.4 Å². The largest absolute Gasteiger partial charge is 0.482 e. The molecule has 0 fully saturated rings. The lowest BCUT2D eigenvalue weighted by molar-refractivity contribution is -0.123. The molecule has 0 saturated carbocycles. The van der Waals surface area contributed by atoms with Crippen molar-refractivity contribution in [3.8, 4) is 5.75 Å². The Balaban J connectivity index is 2.63. The molecule has 0 aliphatic rings. The van der Waals surface area contributed by atoms with Gasteiger partial charge in [-0.25, -0.2) is 0 Å². The molecular weight excluding hydrogens is 332 g/mol. The maximum absolute atomic E-state index is 11.9. The number of amides is 1. The highest BCUT2D eigenvalue weighted by molar-refractivity contribution is 9.10. The second-order valence-corrected chi connectivity index (χ2v) is 5.73. The van der Waals surface area contributed by atoms with Gasteiger partial charge in [-0.3, -0.25) is 4.79 Å². The van der Waals surface area contributed by atoms with E-state index in [0.717, 1.165) is 41.7 Å². The fourth-order valence-corrected chi connectivity index (χ4v) is 2.54. The lowest BCUT2D eigenvalue weighted by Gasteiger charge is -2.17. The minimum absolute atomic E-state index is 0.0399. The van der Waals surface area contributed by atoms with Gasteiger partial charge in [-0.05, 0) is 41.4 Å². The van der Waals surface area contributed by atoms with Crippen LogP contribution in [0.4, 0.5) is 0 Å². The molecule has 1 aromatic carbocycles. The molecule has 2 N–H and O–H groups in total. The van der Waals surface area contributed by atoms with Crippen molar-refractivity contribution in [2.45, 2.75) is 46.2 Å². The van der Waals surface area contributed by atoms with Crippen molar-refractivity contribution in [1.29, 1.82) is 0 Å². The van der Waals surface area contributed by atoms with Gasteiger partial charge in [-0.2, -0.15) is 0 Å². The fourth-order valence-electron chi connectivity index (χ4n) is 2.01. The van der Waals surface area contributed by atoms with Crippen molar-refractivity contribution < 1.29 is 9.53 Å². The number of benzene rings is 1. The van der Waals surface area contributed by atoms with Crippen LogP contribution in [0, 0.1) is 0 Å². The first-order valence-corrected chi connectivity index (χ1v) is 8.31. The second-order valence-electron chi connectivity index (χ2n) is 4.88. The number of nitrogens with one attached hydrogen (secondary N) is 2. The number of hydrogen-bond acceptors (Lipinski definition) is 3. The Morgan fingerprint density at radius 3 is 2.62 bits per heavy atom. The van der Waals surface area contributed by atoms with E-state index < -0.39 is 0 Å². The van der Waals surface area contributed by atoms with E-state index in [0.29, 0.717) is 0 Å². The molecule has 0 unspecified atom stereocenters. The maximum atomic E-state index is 11.9. The molecule has 1 aromatic rings. The highest BCUT2D eigenvalue weighted by Crippen LogP contribution is 2.29. The smallest absolute Gasteiger partial charge is 0.258 e. The number of halogens is 1. The van der Waals surface area contributed by atoms with Crippen molar-refractivity contribution in [1.82, 2.24) is 10.6 Å². The quantitative estimate of drug-likeness (QED) is 0.713. The molecule has 0 aromatic heterocycles. The molecule has 0 atom stereocenters. The van der Waals surface area contributed by atoms with Crippen LogP contribution in [0.2, 0.25) is 0 Å². The van der Waals surface area contributed by atoms with Crippen LogP contribution in [0.5, 0.6) is 5.75 Å². The first kappa shape index (κ1) is 18.0. The van der Waals surface area contributed by atoms with Crippen molar-refractivity contribution in [3.05, 3.63) is 28.2 Å². The molecule has 21 heavy (non-hydrogen) atoms. The van der Waals surface area contributed by atoms with E-state index in [4.69, 9.17) is 4.74 Å². The SMILES string of the molecule is CCNCc1cccc(Br)c1OCC(=O)NC(CC)CC. The molecule has 0 heterocycles. The summed E-state index contributed by atoms with van der Waals surface area (Å²) in [6.45, 7) is 7.84. The number of ether oxygens (including phenoxy) is 1. The molecule has 0 bridgehead atoms. The monoisotopic (exact) mass is 356 g/mol. The van der Waals surface area contributed by atoms with Crippen LogP contribution in [-0.2, 0) is 11.3 Å².